The van der Waals surface area contributed by atoms with Crippen molar-refractivity contribution < 1.29 is 9.53 Å². The third-order valence-electron chi connectivity index (χ3n) is 3.55. The molecular formula is C18H16BrN5O2. The highest BCUT2D eigenvalue weighted by Crippen LogP contribution is 2.14. The first-order valence-electron chi connectivity index (χ1n) is 7.79. The van der Waals surface area contributed by atoms with E-state index in [0.717, 1.165) is 21.5 Å². The molecular weight excluding hydrogens is 398 g/mol. The number of aromatic nitrogens is 4. The van der Waals surface area contributed by atoms with Crippen LogP contribution in [0.1, 0.15) is 11.4 Å². The number of amides is 1. The monoisotopic (exact) mass is 413 g/mol. The molecule has 2 aromatic carbocycles. The first kappa shape index (κ1) is 17.8. The number of hydrogen-bond donors (Lipinski definition) is 1. The average Bonchev–Trinajstić information content (AvgIpc) is 3.14. The molecule has 1 aromatic heterocycles. The van der Waals surface area contributed by atoms with Crippen LogP contribution in [0, 0.1) is 0 Å². The minimum Gasteiger partial charge on any atom is -0.497 e. The molecule has 26 heavy (non-hydrogen) atoms. The van der Waals surface area contributed by atoms with Crippen LogP contribution in [0.2, 0.25) is 0 Å². The predicted octanol–water partition coefficient (Wildman–Crippen LogP) is 2.76. The van der Waals surface area contributed by atoms with E-state index in [1.807, 2.05) is 48.5 Å². The van der Waals surface area contributed by atoms with Crippen LogP contribution in [0.4, 0.5) is 0 Å². The van der Waals surface area contributed by atoms with Crippen molar-refractivity contribution in [2.24, 2.45) is 0 Å². The van der Waals surface area contributed by atoms with Crippen molar-refractivity contribution in [1.29, 1.82) is 0 Å². The average molecular weight is 414 g/mol. The van der Waals surface area contributed by atoms with Gasteiger partial charge >= 0.3 is 0 Å². The van der Waals surface area contributed by atoms with Crippen molar-refractivity contribution >= 4 is 27.9 Å². The second-order valence-electron chi connectivity index (χ2n) is 5.31. The molecule has 8 heteroatoms. The molecule has 1 amide bonds. The number of nitrogens with one attached hydrogen (secondary N) is 1. The summed E-state index contributed by atoms with van der Waals surface area (Å²) in [6.07, 6.45) is 3.18. The Kier molecular flexibility index (Phi) is 5.75. The highest BCUT2D eigenvalue weighted by atomic mass is 79.9. The number of tetrazole rings is 1. The number of ether oxygens (including phenoxy) is 1. The fourth-order valence-electron chi connectivity index (χ4n) is 2.24. The van der Waals surface area contributed by atoms with Gasteiger partial charge in [-0.3, -0.25) is 4.79 Å². The number of carbonyl (C=O) groups excluding carboxylic acids is 1. The Labute approximate surface area is 158 Å². The van der Waals surface area contributed by atoms with Crippen molar-refractivity contribution in [2.75, 3.05) is 7.11 Å². The largest absolute Gasteiger partial charge is 0.497 e. The normalized spacial score (nSPS) is 10.8. The van der Waals surface area contributed by atoms with E-state index in [-0.39, 0.29) is 12.5 Å². The van der Waals surface area contributed by atoms with E-state index >= 15 is 0 Å². The standard InChI is InChI=1S/C18H16BrN5O2/c1-26-16-4-2-3-13(11-16)5-10-18(25)20-12-17-21-22-23-24(17)15-8-6-14(19)7-9-15/h2-11H,12H2,1H3,(H,20,25)/b10-5+. The van der Waals surface area contributed by atoms with Gasteiger partial charge in [0.1, 0.15) is 5.75 Å². The van der Waals surface area contributed by atoms with Gasteiger partial charge in [0.05, 0.1) is 19.3 Å². The van der Waals surface area contributed by atoms with Crippen LogP contribution in [0.25, 0.3) is 11.8 Å². The molecule has 3 aromatic rings. The fraction of sp³-hybridized carbons (Fsp3) is 0.111. The van der Waals surface area contributed by atoms with Crippen molar-refractivity contribution in [3.63, 3.8) is 0 Å². The summed E-state index contributed by atoms with van der Waals surface area (Å²) >= 11 is 3.39. The van der Waals surface area contributed by atoms with E-state index in [2.05, 4.69) is 36.8 Å². The zero-order valence-electron chi connectivity index (χ0n) is 14.0. The first-order chi connectivity index (χ1) is 12.7. The molecule has 0 aliphatic heterocycles. The lowest BCUT2D eigenvalue weighted by Gasteiger charge is -2.05. The Hall–Kier alpha value is -3.00. The Morgan fingerprint density at radius 3 is 2.85 bits per heavy atom. The Morgan fingerprint density at radius 1 is 1.27 bits per heavy atom. The van der Waals surface area contributed by atoms with Crippen LogP contribution in [-0.4, -0.2) is 33.2 Å². The highest BCUT2D eigenvalue weighted by molar-refractivity contribution is 9.10. The maximum absolute atomic E-state index is 12.0. The number of methoxy groups -OCH3 is 1. The van der Waals surface area contributed by atoms with E-state index in [9.17, 15) is 4.79 Å². The summed E-state index contributed by atoms with van der Waals surface area (Å²) in [6.45, 7) is 0.213. The minimum atomic E-state index is -0.238. The van der Waals surface area contributed by atoms with E-state index in [0.29, 0.717) is 5.82 Å². The number of benzene rings is 2. The summed E-state index contributed by atoms with van der Waals surface area (Å²) < 4.78 is 7.70. The van der Waals surface area contributed by atoms with Gasteiger partial charge in [0.25, 0.3) is 0 Å². The molecule has 7 nitrogen and oxygen atoms in total. The molecule has 0 atom stereocenters. The zero-order chi connectivity index (χ0) is 18.4. The molecule has 0 bridgehead atoms. The molecule has 0 aliphatic rings. The number of hydrogen-bond acceptors (Lipinski definition) is 5. The van der Waals surface area contributed by atoms with Gasteiger partial charge in [0.2, 0.25) is 5.91 Å². The van der Waals surface area contributed by atoms with Crippen LogP contribution >= 0.6 is 15.9 Å². The Balaban J connectivity index is 1.62. The number of halogens is 1. The second kappa shape index (κ2) is 8.39. The van der Waals surface area contributed by atoms with Crippen LogP contribution in [0.5, 0.6) is 5.75 Å². The molecule has 0 unspecified atom stereocenters. The van der Waals surface area contributed by atoms with Gasteiger partial charge in [0, 0.05) is 10.5 Å². The number of rotatable bonds is 6. The molecule has 0 saturated carbocycles. The van der Waals surface area contributed by atoms with Gasteiger partial charge in [-0.05, 0) is 58.5 Å². The van der Waals surface area contributed by atoms with Crippen LogP contribution < -0.4 is 10.1 Å². The lowest BCUT2D eigenvalue weighted by atomic mass is 10.2. The summed E-state index contributed by atoms with van der Waals surface area (Å²) in [5.74, 6) is 1.04. The summed E-state index contributed by atoms with van der Waals surface area (Å²) in [5, 5.41) is 14.4. The molecule has 0 saturated heterocycles. The fourth-order valence-corrected chi connectivity index (χ4v) is 2.51. The molecule has 0 aliphatic carbocycles. The molecule has 0 radical (unpaired) electrons. The quantitative estimate of drug-likeness (QED) is 0.628. The van der Waals surface area contributed by atoms with Crippen molar-refractivity contribution in [3.05, 3.63) is 70.5 Å². The Bertz CT molecular complexity index is 921. The van der Waals surface area contributed by atoms with Crippen LogP contribution in [0.3, 0.4) is 0 Å². The van der Waals surface area contributed by atoms with E-state index in [4.69, 9.17) is 4.74 Å². The number of nitrogens with zero attached hydrogens (tertiary/aromatic N) is 4. The van der Waals surface area contributed by atoms with E-state index in [1.165, 1.54) is 6.08 Å². The topological polar surface area (TPSA) is 81.9 Å². The smallest absolute Gasteiger partial charge is 0.244 e. The summed E-state index contributed by atoms with van der Waals surface area (Å²) in [6, 6.07) is 15.0. The zero-order valence-corrected chi connectivity index (χ0v) is 15.5. The van der Waals surface area contributed by atoms with Gasteiger partial charge in [-0.15, -0.1) is 5.10 Å². The van der Waals surface area contributed by atoms with Gasteiger partial charge in [0.15, 0.2) is 5.82 Å². The van der Waals surface area contributed by atoms with Crippen LogP contribution in [0.15, 0.2) is 59.1 Å². The van der Waals surface area contributed by atoms with Crippen molar-refractivity contribution in [1.82, 2.24) is 25.5 Å². The molecule has 1 N–H and O–H groups in total. The van der Waals surface area contributed by atoms with E-state index in [1.54, 1.807) is 17.9 Å². The Morgan fingerprint density at radius 2 is 2.08 bits per heavy atom. The summed E-state index contributed by atoms with van der Waals surface area (Å²) in [5.41, 5.74) is 1.69. The predicted molar refractivity (Wildman–Crippen MR) is 101 cm³/mol. The van der Waals surface area contributed by atoms with Gasteiger partial charge in [-0.25, -0.2) is 0 Å². The maximum Gasteiger partial charge on any atom is 0.244 e. The highest BCUT2D eigenvalue weighted by Gasteiger charge is 2.09. The van der Waals surface area contributed by atoms with Crippen LogP contribution in [-0.2, 0) is 11.3 Å². The molecule has 0 spiro atoms. The number of carbonyl (C=O) groups is 1. The van der Waals surface area contributed by atoms with Gasteiger partial charge in [-0.2, -0.15) is 4.68 Å². The third-order valence-corrected chi connectivity index (χ3v) is 4.08. The van der Waals surface area contributed by atoms with Crippen molar-refractivity contribution in [2.45, 2.75) is 6.54 Å². The lowest BCUT2D eigenvalue weighted by Crippen LogP contribution is -2.22. The molecule has 132 valence electrons. The SMILES string of the molecule is COc1cccc(/C=C/C(=O)NCc2nnnn2-c2ccc(Br)cc2)c1. The third kappa shape index (κ3) is 4.54. The summed E-state index contributed by atoms with van der Waals surface area (Å²) in [4.78, 5) is 12.0. The minimum absolute atomic E-state index is 0.213. The lowest BCUT2D eigenvalue weighted by molar-refractivity contribution is -0.116. The molecule has 1 heterocycles. The van der Waals surface area contributed by atoms with Crippen molar-refractivity contribution in [3.8, 4) is 11.4 Å². The summed E-state index contributed by atoms with van der Waals surface area (Å²) in [7, 11) is 1.60. The van der Waals surface area contributed by atoms with E-state index < -0.39 is 0 Å². The maximum atomic E-state index is 12.0. The van der Waals surface area contributed by atoms with Gasteiger partial charge in [-0.1, -0.05) is 28.1 Å². The first-order valence-corrected chi connectivity index (χ1v) is 8.58. The van der Waals surface area contributed by atoms with Gasteiger partial charge < -0.3 is 10.1 Å². The second-order valence-corrected chi connectivity index (χ2v) is 6.23. The molecule has 0 fully saturated rings. The molecule has 3 rings (SSSR count).